The van der Waals surface area contributed by atoms with Gasteiger partial charge in [-0.05, 0) is 124 Å². The third-order valence-electron chi connectivity index (χ3n) is 12.9. The molecule has 10 heteroatoms. The highest BCUT2D eigenvalue weighted by Crippen LogP contribution is 2.68. The van der Waals surface area contributed by atoms with E-state index in [4.69, 9.17) is 15.7 Å². The van der Waals surface area contributed by atoms with E-state index < -0.39 is 22.1 Å². The van der Waals surface area contributed by atoms with Crippen molar-refractivity contribution in [2.45, 2.75) is 149 Å². The zero-order valence-corrected chi connectivity index (χ0v) is 29.5. The minimum Gasteiger partial charge on any atom is -0.393 e. The van der Waals surface area contributed by atoms with E-state index in [0.717, 1.165) is 51.6 Å². The summed E-state index contributed by atoms with van der Waals surface area (Å²) in [6, 6.07) is 0. The Bertz CT molecular complexity index is 999. The van der Waals surface area contributed by atoms with Crippen LogP contribution in [0, 0.1) is 52.3 Å². The maximum atomic E-state index is 11.4. The van der Waals surface area contributed by atoms with Crippen molar-refractivity contribution < 1.29 is 27.4 Å². The van der Waals surface area contributed by atoms with Gasteiger partial charge in [-0.25, -0.2) is 4.18 Å². The minimum atomic E-state index is -4.74. The van der Waals surface area contributed by atoms with Gasteiger partial charge in [-0.15, -0.1) is 0 Å². The molecule has 4 saturated carbocycles. The van der Waals surface area contributed by atoms with Gasteiger partial charge in [-0.3, -0.25) is 4.55 Å². The molecule has 0 aromatic rings. The summed E-state index contributed by atoms with van der Waals surface area (Å²) in [5, 5.41) is 25.4. The van der Waals surface area contributed by atoms with Crippen molar-refractivity contribution in [1.82, 2.24) is 5.32 Å². The Labute approximate surface area is 269 Å². The molecule has 4 unspecified atom stereocenters. The zero-order valence-electron chi connectivity index (χ0n) is 28.6. The molecular formula is C34H67N3O6S. The molecule has 44 heavy (non-hydrogen) atoms. The average Bonchev–Trinajstić information content (AvgIpc) is 3.29. The van der Waals surface area contributed by atoms with Gasteiger partial charge < -0.3 is 27.0 Å². The Kier molecular flexibility index (Phi) is 13.6. The molecule has 0 radical (unpaired) electrons. The minimum absolute atomic E-state index is 0.163. The van der Waals surface area contributed by atoms with E-state index >= 15 is 0 Å². The molecule has 0 amide bonds. The summed E-state index contributed by atoms with van der Waals surface area (Å²) in [5.74, 6) is 0.633. The van der Waals surface area contributed by atoms with Crippen molar-refractivity contribution in [3.05, 3.63) is 0 Å². The van der Waals surface area contributed by atoms with E-state index in [1.165, 1.54) is 38.5 Å². The largest absolute Gasteiger partial charge is 0.400 e. The Balaban J connectivity index is 0.000000456. The number of hydrogen-bond acceptors (Lipinski definition) is 8. The molecular weight excluding hydrogens is 578 g/mol. The second-order valence-electron chi connectivity index (χ2n) is 15.8. The summed E-state index contributed by atoms with van der Waals surface area (Å²) in [7, 11) is -4.74. The van der Waals surface area contributed by atoms with Gasteiger partial charge in [-0.1, -0.05) is 60.8 Å². The smallest absolute Gasteiger partial charge is 0.393 e. The molecule has 4 aliphatic rings. The summed E-state index contributed by atoms with van der Waals surface area (Å²) in [4.78, 5) is 0. The molecule has 0 heterocycles. The molecule has 0 bridgehead atoms. The third kappa shape index (κ3) is 8.77. The first-order chi connectivity index (χ1) is 20.5. The van der Waals surface area contributed by atoms with Gasteiger partial charge in [0.25, 0.3) is 0 Å². The first kappa shape index (κ1) is 38.1. The molecule has 4 rings (SSSR count). The Morgan fingerprint density at radius 1 is 1.02 bits per heavy atom. The highest BCUT2D eigenvalue weighted by atomic mass is 32.3. The summed E-state index contributed by atoms with van der Waals surface area (Å²) < 4.78 is 36.6. The van der Waals surface area contributed by atoms with Crippen LogP contribution in [0.3, 0.4) is 0 Å². The van der Waals surface area contributed by atoms with Crippen LogP contribution in [0.25, 0.3) is 0 Å². The first-order valence-corrected chi connectivity index (χ1v) is 19.2. The van der Waals surface area contributed by atoms with Crippen LogP contribution in [-0.4, -0.2) is 54.3 Å². The molecule has 9 nitrogen and oxygen atoms in total. The summed E-state index contributed by atoms with van der Waals surface area (Å²) in [6.07, 6.45) is 14.9. The zero-order chi connectivity index (χ0) is 32.9. The van der Waals surface area contributed by atoms with Gasteiger partial charge in [0.05, 0.1) is 12.3 Å². The number of nitrogens with two attached hydrogens (primary N) is 2. The van der Waals surface area contributed by atoms with Crippen LogP contribution in [-0.2, 0) is 14.6 Å². The fraction of sp³-hybridized carbons (Fsp3) is 1.00. The van der Waals surface area contributed by atoms with Gasteiger partial charge in [0, 0.05) is 12.3 Å². The molecule has 0 aromatic carbocycles. The van der Waals surface area contributed by atoms with E-state index in [0.29, 0.717) is 47.3 Å². The van der Waals surface area contributed by atoms with Crippen molar-refractivity contribution in [2.75, 3.05) is 13.1 Å². The monoisotopic (exact) mass is 645 g/mol. The van der Waals surface area contributed by atoms with Crippen LogP contribution in [0.2, 0.25) is 0 Å². The van der Waals surface area contributed by atoms with Gasteiger partial charge in [0.15, 0.2) is 5.79 Å². The van der Waals surface area contributed by atoms with Crippen molar-refractivity contribution >= 4 is 10.4 Å². The lowest BCUT2D eigenvalue weighted by Gasteiger charge is -2.62. The summed E-state index contributed by atoms with van der Waals surface area (Å²) >= 11 is 0. The number of fused-ring (bicyclic) bond motifs is 5. The number of aliphatic hydroxyl groups excluding tert-OH is 1. The van der Waals surface area contributed by atoms with Crippen LogP contribution in [0.4, 0.5) is 0 Å². The van der Waals surface area contributed by atoms with Crippen molar-refractivity contribution in [2.24, 2.45) is 63.7 Å². The lowest BCUT2D eigenvalue weighted by molar-refractivity contribution is -0.180. The second-order valence-corrected chi connectivity index (χ2v) is 16.8. The molecule has 0 spiro atoms. The highest BCUT2D eigenvalue weighted by Gasteiger charge is 2.62. The second kappa shape index (κ2) is 15.7. The average molecular weight is 646 g/mol. The predicted octanol–water partition coefficient (Wildman–Crippen LogP) is 5.60. The van der Waals surface area contributed by atoms with Crippen LogP contribution >= 0.6 is 0 Å². The lowest BCUT2D eigenvalue weighted by Crippen LogP contribution is -2.57. The Morgan fingerprint density at radius 3 is 2.32 bits per heavy atom. The van der Waals surface area contributed by atoms with E-state index in [1.54, 1.807) is 13.8 Å². The van der Waals surface area contributed by atoms with Gasteiger partial charge in [-0.2, -0.15) is 8.42 Å². The SMILES string of the molecule is CC(C)[C@@](O)(CC[C@@H](C)[C@H]1CCC2C3C(CC[C@@]21C)[C@@]1(C)CCCC[C@@H]1C[C@H]3O)OS(=O)(=O)O.CCCC(N)NCCCN. The molecule has 4 fully saturated rings. The molecule has 0 aromatic heterocycles. The molecule has 260 valence electrons. The van der Waals surface area contributed by atoms with Gasteiger partial charge in [0.2, 0.25) is 0 Å². The fourth-order valence-corrected chi connectivity index (χ4v) is 10.9. The number of aliphatic hydroxyl groups is 2. The first-order valence-electron chi connectivity index (χ1n) is 17.8. The quantitative estimate of drug-likeness (QED) is 0.0849. The highest BCUT2D eigenvalue weighted by molar-refractivity contribution is 7.80. The Morgan fingerprint density at radius 2 is 1.70 bits per heavy atom. The third-order valence-corrected chi connectivity index (χ3v) is 13.4. The van der Waals surface area contributed by atoms with Gasteiger partial charge in [0.1, 0.15) is 0 Å². The topological polar surface area (TPSA) is 168 Å². The fourth-order valence-electron chi connectivity index (χ4n) is 10.3. The van der Waals surface area contributed by atoms with Gasteiger partial charge >= 0.3 is 10.4 Å². The standard InChI is InChI=1S/C27H48O6S.C7H19N3/c1-17(2)27(29,33-34(30,31)32)15-11-18(3)20-9-10-21-24-22(12-14-26(20,21)5)25(4)13-7-6-8-19(25)16-23(24)28;1-2-4-7(9)10-6-3-5-8/h17-24,28-29H,6-16H2,1-5H3,(H,30,31,32);7,10H,2-6,8-9H2,1H3/t18-,19-,20-,21?,22?,23-,24?,25+,26-,27-;/m1./s1. The lowest BCUT2D eigenvalue weighted by atomic mass is 9.44. The van der Waals surface area contributed by atoms with Crippen LogP contribution in [0.5, 0.6) is 0 Å². The van der Waals surface area contributed by atoms with E-state index in [1.807, 2.05) is 0 Å². The van der Waals surface area contributed by atoms with Crippen LogP contribution in [0.1, 0.15) is 131 Å². The molecule has 0 saturated heterocycles. The molecule has 4 aliphatic carbocycles. The van der Waals surface area contributed by atoms with Crippen molar-refractivity contribution in [1.29, 1.82) is 0 Å². The normalized spacial score (nSPS) is 38.0. The van der Waals surface area contributed by atoms with E-state index in [-0.39, 0.29) is 24.1 Å². The van der Waals surface area contributed by atoms with Crippen LogP contribution < -0.4 is 16.8 Å². The van der Waals surface area contributed by atoms with Crippen LogP contribution in [0.15, 0.2) is 0 Å². The molecule has 11 atom stereocenters. The maximum absolute atomic E-state index is 11.4. The molecule has 0 aliphatic heterocycles. The molecule has 8 N–H and O–H groups in total. The maximum Gasteiger partial charge on any atom is 0.400 e. The van der Waals surface area contributed by atoms with E-state index in [9.17, 15) is 23.2 Å². The summed E-state index contributed by atoms with van der Waals surface area (Å²) in [5.41, 5.74) is 11.5. The van der Waals surface area contributed by atoms with Crippen molar-refractivity contribution in [3.63, 3.8) is 0 Å². The predicted molar refractivity (Wildman–Crippen MR) is 177 cm³/mol. The number of hydrogen-bond donors (Lipinski definition) is 6. The summed E-state index contributed by atoms with van der Waals surface area (Å²) in [6.45, 7) is 14.4. The van der Waals surface area contributed by atoms with Crippen molar-refractivity contribution in [3.8, 4) is 0 Å². The van der Waals surface area contributed by atoms with E-state index in [2.05, 4.69) is 33.0 Å². The number of rotatable bonds is 13. The Hall–Kier alpha value is -0.330. The number of nitrogens with one attached hydrogen (secondary N) is 1.